The Morgan fingerprint density at radius 1 is 1.04 bits per heavy atom. The number of rotatable bonds is 7. The standard InChI is InChI=1S/C19H23NO5S/c1-5-18(13-6-8-17(9-7-13)26(4,22)23)20-19(21)14-10-15(24-2)12-16(11-14)25-3/h6-12,18H,5H2,1-4H3,(H,20,21)/t18-/m0/s1. The molecule has 6 nitrogen and oxygen atoms in total. The third-order valence-electron chi connectivity index (χ3n) is 4.04. The number of carbonyl (C=O) groups excluding carboxylic acids is 1. The lowest BCUT2D eigenvalue weighted by molar-refractivity contribution is 0.0935. The molecular formula is C19H23NO5S. The van der Waals surface area contributed by atoms with Gasteiger partial charge in [-0.3, -0.25) is 4.79 Å². The molecule has 2 aromatic rings. The SMILES string of the molecule is CC[C@H](NC(=O)c1cc(OC)cc(OC)c1)c1ccc(S(C)(=O)=O)cc1. The third kappa shape index (κ3) is 4.76. The van der Waals surface area contributed by atoms with Crippen molar-refractivity contribution in [1.29, 1.82) is 0 Å². The Hall–Kier alpha value is -2.54. The van der Waals surface area contributed by atoms with Crippen LogP contribution in [-0.4, -0.2) is 34.8 Å². The van der Waals surface area contributed by atoms with Crippen LogP contribution in [-0.2, 0) is 9.84 Å². The van der Waals surface area contributed by atoms with Gasteiger partial charge in [0.05, 0.1) is 25.2 Å². The van der Waals surface area contributed by atoms with E-state index in [0.29, 0.717) is 23.5 Å². The molecular weight excluding hydrogens is 354 g/mol. The van der Waals surface area contributed by atoms with Gasteiger partial charge in [0.1, 0.15) is 11.5 Å². The highest BCUT2D eigenvalue weighted by molar-refractivity contribution is 7.90. The number of benzene rings is 2. The summed E-state index contributed by atoms with van der Waals surface area (Å²) in [6, 6.07) is 11.3. The van der Waals surface area contributed by atoms with Gasteiger partial charge in [-0.1, -0.05) is 19.1 Å². The van der Waals surface area contributed by atoms with Crippen LogP contribution in [0.15, 0.2) is 47.4 Å². The van der Waals surface area contributed by atoms with Crippen molar-refractivity contribution in [2.45, 2.75) is 24.3 Å². The summed E-state index contributed by atoms with van der Waals surface area (Å²) < 4.78 is 33.5. The highest BCUT2D eigenvalue weighted by Crippen LogP contribution is 2.24. The summed E-state index contributed by atoms with van der Waals surface area (Å²) in [5, 5.41) is 2.96. The van der Waals surface area contributed by atoms with E-state index in [0.717, 1.165) is 11.8 Å². The molecule has 2 aromatic carbocycles. The lowest BCUT2D eigenvalue weighted by Gasteiger charge is -2.18. The van der Waals surface area contributed by atoms with Crippen LogP contribution in [0.5, 0.6) is 11.5 Å². The van der Waals surface area contributed by atoms with E-state index < -0.39 is 9.84 Å². The zero-order valence-electron chi connectivity index (χ0n) is 15.3. The maximum absolute atomic E-state index is 12.6. The fourth-order valence-corrected chi connectivity index (χ4v) is 3.18. The van der Waals surface area contributed by atoms with Gasteiger partial charge >= 0.3 is 0 Å². The number of hydrogen-bond donors (Lipinski definition) is 1. The molecule has 0 unspecified atom stereocenters. The van der Waals surface area contributed by atoms with E-state index in [1.165, 1.54) is 14.2 Å². The van der Waals surface area contributed by atoms with Gasteiger partial charge in [0.25, 0.3) is 5.91 Å². The molecule has 1 amide bonds. The van der Waals surface area contributed by atoms with Crippen molar-refractivity contribution in [1.82, 2.24) is 5.32 Å². The van der Waals surface area contributed by atoms with Gasteiger partial charge in [0.2, 0.25) is 0 Å². The van der Waals surface area contributed by atoms with Gasteiger partial charge in [-0.2, -0.15) is 0 Å². The number of carbonyl (C=O) groups is 1. The first-order chi connectivity index (χ1) is 12.3. The minimum atomic E-state index is -3.25. The van der Waals surface area contributed by atoms with E-state index in [9.17, 15) is 13.2 Å². The molecule has 140 valence electrons. The van der Waals surface area contributed by atoms with Crippen molar-refractivity contribution >= 4 is 15.7 Å². The third-order valence-corrected chi connectivity index (χ3v) is 5.17. The van der Waals surface area contributed by atoms with E-state index in [1.54, 1.807) is 42.5 Å². The molecule has 0 spiro atoms. The average Bonchev–Trinajstić information content (AvgIpc) is 2.64. The van der Waals surface area contributed by atoms with Gasteiger partial charge in [-0.15, -0.1) is 0 Å². The normalized spacial score (nSPS) is 12.3. The van der Waals surface area contributed by atoms with Gasteiger partial charge < -0.3 is 14.8 Å². The fourth-order valence-electron chi connectivity index (χ4n) is 2.55. The lowest BCUT2D eigenvalue weighted by atomic mass is 10.0. The topological polar surface area (TPSA) is 81.7 Å². The zero-order valence-corrected chi connectivity index (χ0v) is 16.1. The molecule has 0 fully saturated rings. The molecule has 0 saturated heterocycles. The Bertz CT molecular complexity index is 853. The summed E-state index contributed by atoms with van der Waals surface area (Å²) in [7, 11) is -0.204. The molecule has 26 heavy (non-hydrogen) atoms. The van der Waals surface area contributed by atoms with Gasteiger partial charge in [0, 0.05) is 17.9 Å². The van der Waals surface area contributed by atoms with Crippen LogP contribution in [0.4, 0.5) is 0 Å². The number of hydrogen-bond acceptors (Lipinski definition) is 5. The molecule has 0 bridgehead atoms. The predicted octanol–water partition coefficient (Wildman–Crippen LogP) is 2.99. The van der Waals surface area contributed by atoms with Crippen molar-refractivity contribution < 1.29 is 22.7 Å². The minimum absolute atomic E-state index is 0.242. The second kappa shape index (κ2) is 8.23. The van der Waals surface area contributed by atoms with Crippen molar-refractivity contribution in [2.75, 3.05) is 20.5 Å². The Labute approximate surface area is 154 Å². The first-order valence-electron chi connectivity index (χ1n) is 8.12. The largest absolute Gasteiger partial charge is 0.497 e. The van der Waals surface area contributed by atoms with E-state index in [1.807, 2.05) is 6.92 Å². The van der Waals surface area contributed by atoms with Crippen LogP contribution in [0.3, 0.4) is 0 Å². The summed E-state index contributed by atoms with van der Waals surface area (Å²) in [5.41, 5.74) is 1.26. The molecule has 1 atom stereocenters. The minimum Gasteiger partial charge on any atom is -0.497 e. The molecule has 0 aromatic heterocycles. The number of methoxy groups -OCH3 is 2. The summed E-state index contributed by atoms with van der Waals surface area (Å²) in [6.07, 6.45) is 1.82. The smallest absolute Gasteiger partial charge is 0.252 e. The second-order valence-electron chi connectivity index (χ2n) is 5.88. The van der Waals surface area contributed by atoms with Crippen LogP contribution in [0, 0.1) is 0 Å². The summed E-state index contributed by atoms with van der Waals surface area (Å²) in [6.45, 7) is 1.95. The number of ether oxygens (including phenoxy) is 2. The Morgan fingerprint density at radius 2 is 1.58 bits per heavy atom. The van der Waals surface area contributed by atoms with Gasteiger partial charge in [-0.05, 0) is 36.2 Å². The summed E-state index contributed by atoms with van der Waals surface area (Å²) in [4.78, 5) is 12.9. The molecule has 2 rings (SSSR count). The van der Waals surface area contributed by atoms with Crippen LogP contribution >= 0.6 is 0 Å². The molecule has 0 aliphatic carbocycles. The van der Waals surface area contributed by atoms with E-state index >= 15 is 0 Å². The van der Waals surface area contributed by atoms with Crippen molar-refractivity contribution in [3.05, 3.63) is 53.6 Å². The first-order valence-corrected chi connectivity index (χ1v) is 10.0. The zero-order chi connectivity index (χ0) is 19.3. The summed E-state index contributed by atoms with van der Waals surface area (Å²) >= 11 is 0. The molecule has 0 aliphatic rings. The molecule has 7 heteroatoms. The van der Waals surface area contributed by atoms with Gasteiger partial charge in [-0.25, -0.2) is 8.42 Å². The average molecular weight is 377 g/mol. The molecule has 0 saturated carbocycles. The van der Waals surface area contributed by atoms with E-state index in [2.05, 4.69) is 5.32 Å². The lowest BCUT2D eigenvalue weighted by Crippen LogP contribution is -2.28. The maximum Gasteiger partial charge on any atom is 0.252 e. The van der Waals surface area contributed by atoms with Crippen LogP contribution < -0.4 is 14.8 Å². The number of amides is 1. The Balaban J connectivity index is 2.23. The van der Waals surface area contributed by atoms with Crippen molar-refractivity contribution in [3.63, 3.8) is 0 Å². The number of sulfone groups is 1. The highest BCUT2D eigenvalue weighted by atomic mass is 32.2. The molecule has 0 aliphatic heterocycles. The number of nitrogens with one attached hydrogen (secondary N) is 1. The van der Waals surface area contributed by atoms with Crippen LogP contribution in [0.2, 0.25) is 0 Å². The van der Waals surface area contributed by atoms with Crippen molar-refractivity contribution in [3.8, 4) is 11.5 Å². The van der Waals surface area contributed by atoms with E-state index in [4.69, 9.17) is 9.47 Å². The second-order valence-corrected chi connectivity index (χ2v) is 7.89. The predicted molar refractivity (Wildman–Crippen MR) is 99.6 cm³/mol. The fraction of sp³-hybridized carbons (Fsp3) is 0.316. The van der Waals surface area contributed by atoms with Gasteiger partial charge in [0.15, 0.2) is 9.84 Å². The Morgan fingerprint density at radius 3 is 2.00 bits per heavy atom. The molecule has 0 radical (unpaired) electrons. The highest BCUT2D eigenvalue weighted by Gasteiger charge is 2.17. The van der Waals surface area contributed by atoms with Crippen molar-refractivity contribution in [2.24, 2.45) is 0 Å². The van der Waals surface area contributed by atoms with Crippen LogP contribution in [0.25, 0.3) is 0 Å². The van der Waals surface area contributed by atoms with E-state index in [-0.39, 0.29) is 16.8 Å². The molecule has 1 N–H and O–H groups in total. The quantitative estimate of drug-likeness (QED) is 0.802. The maximum atomic E-state index is 12.6. The monoisotopic (exact) mass is 377 g/mol. The molecule has 0 heterocycles. The Kier molecular flexibility index (Phi) is 6.26. The summed E-state index contributed by atoms with van der Waals surface area (Å²) in [5.74, 6) is 0.793. The first kappa shape index (κ1) is 19.8. The van der Waals surface area contributed by atoms with Crippen LogP contribution in [0.1, 0.15) is 35.3 Å².